The summed E-state index contributed by atoms with van der Waals surface area (Å²) < 4.78 is 11.2. The van der Waals surface area contributed by atoms with Gasteiger partial charge in [0.15, 0.2) is 18.1 Å². The molecule has 2 aromatic rings. The first kappa shape index (κ1) is 23.5. The van der Waals surface area contributed by atoms with Crippen LogP contribution in [0.2, 0.25) is 0 Å². The summed E-state index contributed by atoms with van der Waals surface area (Å²) in [4.78, 5) is 25.1. The van der Waals surface area contributed by atoms with Crippen LogP contribution in [0.5, 0.6) is 11.5 Å². The number of likely N-dealkylation sites (N-methyl/N-ethyl adjacent to an activating group) is 1. The topological polar surface area (TPSA) is 99.9 Å². The zero-order chi connectivity index (χ0) is 22.8. The van der Waals surface area contributed by atoms with E-state index in [2.05, 4.69) is 6.07 Å². The predicted octanol–water partition coefficient (Wildman–Crippen LogP) is 3.87. The van der Waals surface area contributed by atoms with Crippen molar-refractivity contribution in [3.63, 3.8) is 0 Å². The number of allylic oxidation sites excluding steroid dienone is 1. The summed E-state index contributed by atoms with van der Waals surface area (Å²) in [7, 11) is 0. The number of hydrogen-bond donors (Lipinski definition) is 1. The molecule has 0 aliphatic rings. The predicted molar refractivity (Wildman–Crippen MR) is 117 cm³/mol. The third-order valence-electron chi connectivity index (χ3n) is 4.69. The average Bonchev–Trinajstić information content (AvgIpc) is 2.77. The number of amides is 1. The maximum Gasteiger partial charge on any atom is 0.341 e. The van der Waals surface area contributed by atoms with Crippen molar-refractivity contribution in [2.45, 2.75) is 27.4 Å². The zero-order valence-electron chi connectivity index (χ0n) is 17.9. The zero-order valence-corrected chi connectivity index (χ0v) is 17.9. The summed E-state index contributed by atoms with van der Waals surface area (Å²) in [6.45, 7) is 6.46. The second-order valence-corrected chi connectivity index (χ2v) is 6.74. The Morgan fingerprint density at radius 3 is 2.45 bits per heavy atom. The van der Waals surface area contributed by atoms with Crippen LogP contribution < -0.4 is 9.47 Å². The van der Waals surface area contributed by atoms with Gasteiger partial charge in [-0.25, -0.2) is 4.79 Å². The first-order valence-electron chi connectivity index (χ1n) is 9.96. The number of carboxylic acids is 1. The number of nitrogens with zero attached hydrogens (tertiary/aromatic N) is 2. The van der Waals surface area contributed by atoms with Gasteiger partial charge in [0.25, 0.3) is 0 Å². The van der Waals surface area contributed by atoms with Crippen LogP contribution >= 0.6 is 0 Å². The van der Waals surface area contributed by atoms with Gasteiger partial charge in [0.05, 0.1) is 11.6 Å². The van der Waals surface area contributed by atoms with Gasteiger partial charge in [0, 0.05) is 24.7 Å². The van der Waals surface area contributed by atoms with Crippen LogP contribution in [-0.2, 0) is 16.2 Å². The third kappa shape index (κ3) is 6.61. The van der Waals surface area contributed by atoms with E-state index in [0.29, 0.717) is 35.5 Å². The minimum atomic E-state index is -1.12. The van der Waals surface area contributed by atoms with Crippen molar-refractivity contribution < 1.29 is 24.2 Å². The lowest BCUT2D eigenvalue weighted by atomic mass is 10.1. The minimum Gasteiger partial charge on any atom is -0.485 e. The molecular weight excluding hydrogens is 396 g/mol. The molecule has 2 rings (SSSR count). The monoisotopic (exact) mass is 422 g/mol. The third-order valence-corrected chi connectivity index (χ3v) is 4.69. The number of carbonyl (C=O) groups is 2. The van der Waals surface area contributed by atoms with Gasteiger partial charge in [-0.3, -0.25) is 4.79 Å². The van der Waals surface area contributed by atoms with E-state index in [4.69, 9.17) is 14.6 Å². The molecule has 0 radical (unpaired) electrons. The number of carbonyl (C=O) groups excluding carboxylic acids is 1. The Morgan fingerprint density at radius 1 is 1.10 bits per heavy atom. The van der Waals surface area contributed by atoms with Crippen molar-refractivity contribution in [1.29, 1.82) is 5.26 Å². The van der Waals surface area contributed by atoms with Crippen molar-refractivity contribution in [3.8, 4) is 17.6 Å². The molecule has 1 amide bonds. The lowest BCUT2D eigenvalue weighted by Crippen LogP contribution is -2.28. The van der Waals surface area contributed by atoms with Gasteiger partial charge in [-0.15, -0.1) is 0 Å². The summed E-state index contributed by atoms with van der Waals surface area (Å²) >= 11 is 0. The average molecular weight is 422 g/mol. The van der Waals surface area contributed by atoms with Crippen molar-refractivity contribution in [2.75, 3.05) is 19.7 Å². The van der Waals surface area contributed by atoms with Gasteiger partial charge in [0.2, 0.25) is 5.91 Å². The molecule has 2 aromatic carbocycles. The molecule has 0 fully saturated rings. The fraction of sp³-hybridized carbons (Fsp3) is 0.292. The van der Waals surface area contributed by atoms with Crippen LogP contribution in [0.25, 0.3) is 5.57 Å². The lowest BCUT2D eigenvalue weighted by Gasteiger charge is -2.17. The first-order chi connectivity index (χ1) is 14.9. The van der Waals surface area contributed by atoms with E-state index in [9.17, 15) is 14.9 Å². The molecule has 0 atom stereocenters. The lowest BCUT2D eigenvalue weighted by molar-refractivity contribution is -0.139. The maximum atomic E-state index is 12.4. The molecule has 0 saturated heterocycles. The molecule has 31 heavy (non-hydrogen) atoms. The van der Waals surface area contributed by atoms with E-state index in [0.717, 1.165) is 5.57 Å². The molecule has 0 bridgehead atoms. The number of aliphatic carboxylic acids is 1. The summed E-state index contributed by atoms with van der Waals surface area (Å²) in [6, 6.07) is 14.3. The van der Waals surface area contributed by atoms with Gasteiger partial charge < -0.3 is 19.5 Å². The quantitative estimate of drug-likeness (QED) is 0.584. The summed E-state index contributed by atoms with van der Waals surface area (Å²) in [6.07, 6.45) is 1.55. The first-order valence-corrected chi connectivity index (χ1v) is 9.96. The van der Waals surface area contributed by atoms with E-state index >= 15 is 0 Å². The highest BCUT2D eigenvalue weighted by Gasteiger charge is 2.13. The molecule has 1 N–H and O–H groups in total. The van der Waals surface area contributed by atoms with Gasteiger partial charge in [-0.1, -0.05) is 24.3 Å². The van der Waals surface area contributed by atoms with Crippen molar-refractivity contribution in [2.24, 2.45) is 0 Å². The number of hydrogen-bond acceptors (Lipinski definition) is 5. The van der Waals surface area contributed by atoms with Gasteiger partial charge >= 0.3 is 5.97 Å². The number of carboxylic acid groups (broad SMARTS) is 1. The summed E-state index contributed by atoms with van der Waals surface area (Å²) in [5.41, 5.74) is 2.64. The highest BCUT2D eigenvalue weighted by atomic mass is 16.5. The molecule has 7 nitrogen and oxygen atoms in total. The maximum absolute atomic E-state index is 12.4. The van der Waals surface area contributed by atoms with Crippen molar-refractivity contribution in [3.05, 3.63) is 65.2 Å². The van der Waals surface area contributed by atoms with E-state index in [1.165, 1.54) is 0 Å². The summed E-state index contributed by atoms with van der Waals surface area (Å²) in [5, 5.41) is 18.2. The fourth-order valence-corrected chi connectivity index (χ4v) is 2.93. The molecule has 0 heterocycles. The van der Waals surface area contributed by atoms with Crippen molar-refractivity contribution >= 4 is 17.4 Å². The van der Waals surface area contributed by atoms with Crippen LogP contribution in [0.1, 0.15) is 37.5 Å². The SMILES string of the molecule is CCN(CC)C(=O)/C=C(\C)c1ccc(OCc2ccccc2C#N)c(OCC(=O)O)c1. The molecule has 7 heteroatoms. The van der Waals surface area contributed by atoms with E-state index < -0.39 is 12.6 Å². The van der Waals surface area contributed by atoms with Gasteiger partial charge in [0.1, 0.15) is 6.61 Å². The second kappa shape index (κ2) is 11.4. The second-order valence-electron chi connectivity index (χ2n) is 6.74. The largest absolute Gasteiger partial charge is 0.485 e. The molecule has 162 valence electrons. The molecule has 0 unspecified atom stereocenters. The molecule has 0 saturated carbocycles. The smallest absolute Gasteiger partial charge is 0.341 e. The van der Waals surface area contributed by atoms with E-state index in [1.54, 1.807) is 54.3 Å². The number of nitriles is 1. The molecular formula is C24H26N2O5. The Bertz CT molecular complexity index is 1000. The Kier molecular flexibility index (Phi) is 8.64. The van der Waals surface area contributed by atoms with E-state index in [-0.39, 0.29) is 18.3 Å². The molecule has 0 aliphatic carbocycles. The Balaban J connectivity index is 2.29. The Labute approximate surface area is 182 Å². The molecule has 0 aromatic heterocycles. The minimum absolute atomic E-state index is 0.0936. The Hall–Kier alpha value is -3.79. The molecule has 0 spiro atoms. The Morgan fingerprint density at radius 2 is 1.81 bits per heavy atom. The van der Waals surface area contributed by atoms with Gasteiger partial charge in [-0.05, 0) is 50.1 Å². The standard InChI is InChI=1S/C24H26N2O5/c1-4-26(5-2)23(27)12-17(3)18-10-11-21(22(13-18)31-16-24(28)29)30-15-20-9-7-6-8-19(20)14-25/h6-13H,4-5,15-16H2,1-3H3,(H,28,29)/b17-12+. The van der Waals surface area contributed by atoms with Gasteiger partial charge in [-0.2, -0.15) is 5.26 Å². The number of rotatable bonds is 10. The number of ether oxygens (including phenoxy) is 2. The highest BCUT2D eigenvalue weighted by molar-refractivity contribution is 5.95. The van der Waals surface area contributed by atoms with Crippen LogP contribution in [0.15, 0.2) is 48.5 Å². The van der Waals surface area contributed by atoms with Crippen LogP contribution in [-0.4, -0.2) is 41.6 Å². The normalized spacial score (nSPS) is 10.8. The van der Waals surface area contributed by atoms with Crippen molar-refractivity contribution in [1.82, 2.24) is 4.90 Å². The fourth-order valence-electron chi connectivity index (χ4n) is 2.93. The van der Waals surface area contributed by atoms with Crippen LogP contribution in [0.4, 0.5) is 0 Å². The summed E-state index contributed by atoms with van der Waals surface area (Å²) in [5.74, 6) is -0.614. The van der Waals surface area contributed by atoms with Crippen LogP contribution in [0, 0.1) is 11.3 Å². The number of benzene rings is 2. The van der Waals surface area contributed by atoms with Crippen LogP contribution in [0.3, 0.4) is 0 Å². The highest BCUT2D eigenvalue weighted by Crippen LogP contribution is 2.32. The van der Waals surface area contributed by atoms with E-state index in [1.807, 2.05) is 19.9 Å². The molecule has 0 aliphatic heterocycles.